The predicted octanol–water partition coefficient (Wildman–Crippen LogP) is 2.34. The first-order valence-corrected chi connectivity index (χ1v) is 5.58. The van der Waals surface area contributed by atoms with Gasteiger partial charge in [-0.25, -0.2) is 0 Å². The molecule has 0 aliphatic carbocycles. The van der Waals surface area contributed by atoms with E-state index >= 15 is 0 Å². The quantitative estimate of drug-likeness (QED) is 0.819. The Morgan fingerprint density at radius 2 is 2.07 bits per heavy atom. The molecule has 1 aromatic carbocycles. The molecule has 0 saturated heterocycles. The third-order valence-corrected chi connectivity index (χ3v) is 2.86. The van der Waals surface area contributed by atoms with Crippen LogP contribution < -0.4 is 5.73 Å². The Morgan fingerprint density at radius 3 is 2.53 bits per heavy atom. The van der Waals surface area contributed by atoms with Gasteiger partial charge in [-0.15, -0.1) is 0 Å². The van der Waals surface area contributed by atoms with Crippen molar-refractivity contribution in [2.45, 2.75) is 32.9 Å². The summed E-state index contributed by atoms with van der Waals surface area (Å²) in [5.41, 5.74) is 8.66. The second kappa shape index (κ2) is 5.29. The van der Waals surface area contributed by atoms with E-state index in [0.29, 0.717) is 6.04 Å². The molecule has 0 bridgehead atoms. The van der Waals surface area contributed by atoms with Crippen molar-refractivity contribution >= 4 is 0 Å². The molecule has 2 atom stereocenters. The van der Waals surface area contributed by atoms with Gasteiger partial charge in [-0.1, -0.05) is 36.8 Å². The lowest BCUT2D eigenvalue weighted by Crippen LogP contribution is -2.37. The molecule has 1 aromatic rings. The van der Waals surface area contributed by atoms with Gasteiger partial charge >= 0.3 is 0 Å². The molecule has 2 heteroatoms. The summed E-state index contributed by atoms with van der Waals surface area (Å²) in [6.07, 6.45) is 0. The fourth-order valence-electron chi connectivity index (χ4n) is 2.01. The van der Waals surface area contributed by atoms with E-state index in [2.05, 4.69) is 57.0 Å². The Morgan fingerprint density at radius 1 is 1.40 bits per heavy atom. The third kappa shape index (κ3) is 3.05. The van der Waals surface area contributed by atoms with Gasteiger partial charge in [0.05, 0.1) is 0 Å². The Balaban J connectivity index is 2.99. The molecule has 0 amide bonds. The van der Waals surface area contributed by atoms with Crippen molar-refractivity contribution in [3.05, 3.63) is 35.4 Å². The minimum atomic E-state index is 0.150. The Labute approximate surface area is 93.1 Å². The number of hydrogen-bond donors (Lipinski definition) is 1. The van der Waals surface area contributed by atoms with Crippen LogP contribution >= 0.6 is 0 Å². The molecule has 0 spiro atoms. The highest BCUT2D eigenvalue weighted by Gasteiger charge is 2.19. The van der Waals surface area contributed by atoms with Crippen molar-refractivity contribution in [1.29, 1.82) is 0 Å². The minimum Gasteiger partial charge on any atom is -0.326 e. The predicted molar refractivity (Wildman–Crippen MR) is 65.9 cm³/mol. The fourth-order valence-corrected chi connectivity index (χ4v) is 2.01. The lowest BCUT2D eigenvalue weighted by atomic mass is 9.98. The van der Waals surface area contributed by atoms with Gasteiger partial charge in [-0.05, 0) is 33.0 Å². The summed E-state index contributed by atoms with van der Waals surface area (Å²) in [5.74, 6) is 0. The summed E-state index contributed by atoms with van der Waals surface area (Å²) >= 11 is 0. The average Bonchev–Trinajstić information content (AvgIpc) is 2.17. The lowest BCUT2D eigenvalue weighted by molar-refractivity contribution is 0.230. The number of likely N-dealkylation sites (N-methyl/N-ethyl adjacent to an activating group) is 1. The van der Waals surface area contributed by atoms with E-state index in [1.807, 2.05) is 0 Å². The van der Waals surface area contributed by atoms with Gasteiger partial charge in [0.2, 0.25) is 0 Å². The Bertz CT molecular complexity index is 307. The van der Waals surface area contributed by atoms with Crippen LogP contribution in [0, 0.1) is 6.92 Å². The molecule has 0 aliphatic rings. The highest BCUT2D eigenvalue weighted by molar-refractivity contribution is 5.26. The topological polar surface area (TPSA) is 29.3 Å². The van der Waals surface area contributed by atoms with Crippen LogP contribution in [0.2, 0.25) is 0 Å². The van der Waals surface area contributed by atoms with Gasteiger partial charge in [0, 0.05) is 12.1 Å². The zero-order valence-electron chi connectivity index (χ0n) is 10.2. The zero-order valence-corrected chi connectivity index (χ0v) is 10.2. The number of nitrogens with zero attached hydrogens (tertiary/aromatic N) is 1. The van der Waals surface area contributed by atoms with Crippen LogP contribution in [-0.4, -0.2) is 24.5 Å². The monoisotopic (exact) mass is 206 g/mol. The van der Waals surface area contributed by atoms with Gasteiger partial charge in [-0.3, -0.25) is 4.90 Å². The summed E-state index contributed by atoms with van der Waals surface area (Å²) in [6.45, 7) is 7.36. The van der Waals surface area contributed by atoms with Crippen molar-refractivity contribution < 1.29 is 0 Å². The molecular formula is C13H22N2. The molecular weight excluding hydrogens is 184 g/mol. The van der Waals surface area contributed by atoms with Crippen molar-refractivity contribution in [2.24, 2.45) is 5.73 Å². The van der Waals surface area contributed by atoms with Crippen LogP contribution in [0.5, 0.6) is 0 Å². The fraction of sp³-hybridized carbons (Fsp3) is 0.538. The molecule has 84 valence electrons. The SMILES string of the molecule is CCN(C)C(c1cccc(C)c1)C(C)N. The van der Waals surface area contributed by atoms with Crippen LogP contribution in [-0.2, 0) is 0 Å². The number of benzene rings is 1. The van der Waals surface area contributed by atoms with Crippen LogP contribution in [0.15, 0.2) is 24.3 Å². The summed E-state index contributed by atoms with van der Waals surface area (Å²) in [7, 11) is 2.12. The van der Waals surface area contributed by atoms with Crippen molar-refractivity contribution in [1.82, 2.24) is 4.90 Å². The standard InChI is InChI=1S/C13H22N2/c1-5-15(4)13(11(3)14)12-8-6-7-10(2)9-12/h6-9,11,13H,5,14H2,1-4H3. The lowest BCUT2D eigenvalue weighted by Gasteiger charge is -2.30. The average molecular weight is 206 g/mol. The van der Waals surface area contributed by atoms with E-state index in [1.54, 1.807) is 0 Å². The van der Waals surface area contributed by atoms with Crippen LogP contribution in [0.4, 0.5) is 0 Å². The molecule has 2 nitrogen and oxygen atoms in total. The van der Waals surface area contributed by atoms with Crippen molar-refractivity contribution in [3.63, 3.8) is 0 Å². The maximum atomic E-state index is 6.05. The van der Waals surface area contributed by atoms with Crippen LogP contribution in [0.25, 0.3) is 0 Å². The summed E-state index contributed by atoms with van der Waals surface area (Å²) in [4.78, 5) is 2.29. The summed E-state index contributed by atoms with van der Waals surface area (Å²) < 4.78 is 0. The van der Waals surface area contributed by atoms with Gasteiger partial charge < -0.3 is 5.73 Å². The third-order valence-electron chi connectivity index (χ3n) is 2.86. The van der Waals surface area contributed by atoms with Gasteiger partial charge in [0.1, 0.15) is 0 Å². The van der Waals surface area contributed by atoms with E-state index in [0.717, 1.165) is 6.54 Å². The summed E-state index contributed by atoms with van der Waals surface area (Å²) in [5, 5.41) is 0. The summed E-state index contributed by atoms with van der Waals surface area (Å²) in [6, 6.07) is 9.07. The van der Waals surface area contributed by atoms with Gasteiger partial charge in [0.15, 0.2) is 0 Å². The first-order valence-electron chi connectivity index (χ1n) is 5.58. The molecule has 2 N–H and O–H groups in total. The van der Waals surface area contributed by atoms with E-state index in [4.69, 9.17) is 5.73 Å². The molecule has 0 aliphatic heterocycles. The Hall–Kier alpha value is -0.860. The molecule has 1 rings (SSSR count). The van der Waals surface area contributed by atoms with Crippen molar-refractivity contribution in [2.75, 3.05) is 13.6 Å². The molecule has 0 fully saturated rings. The zero-order chi connectivity index (χ0) is 11.4. The normalized spacial score (nSPS) is 15.3. The van der Waals surface area contributed by atoms with Crippen molar-refractivity contribution in [3.8, 4) is 0 Å². The highest BCUT2D eigenvalue weighted by atomic mass is 15.1. The molecule has 0 saturated carbocycles. The molecule has 0 radical (unpaired) electrons. The van der Waals surface area contributed by atoms with E-state index in [-0.39, 0.29) is 6.04 Å². The Kier molecular flexibility index (Phi) is 4.30. The first kappa shape index (κ1) is 12.2. The van der Waals surface area contributed by atoms with E-state index < -0.39 is 0 Å². The first-order chi connectivity index (χ1) is 7.06. The number of aryl methyl sites for hydroxylation is 1. The molecule has 2 unspecified atom stereocenters. The van der Waals surface area contributed by atoms with Crippen LogP contribution in [0.1, 0.15) is 31.0 Å². The molecule has 0 aromatic heterocycles. The second-order valence-corrected chi connectivity index (χ2v) is 4.29. The van der Waals surface area contributed by atoms with E-state index in [9.17, 15) is 0 Å². The maximum absolute atomic E-state index is 6.05. The number of hydrogen-bond acceptors (Lipinski definition) is 2. The second-order valence-electron chi connectivity index (χ2n) is 4.29. The maximum Gasteiger partial charge on any atom is 0.0493 e. The van der Waals surface area contributed by atoms with Gasteiger partial charge in [-0.2, -0.15) is 0 Å². The minimum absolute atomic E-state index is 0.150. The molecule has 15 heavy (non-hydrogen) atoms. The van der Waals surface area contributed by atoms with Gasteiger partial charge in [0.25, 0.3) is 0 Å². The number of nitrogens with two attached hydrogens (primary N) is 1. The molecule has 0 heterocycles. The largest absolute Gasteiger partial charge is 0.326 e. The highest BCUT2D eigenvalue weighted by Crippen LogP contribution is 2.22. The smallest absolute Gasteiger partial charge is 0.0493 e. The number of rotatable bonds is 4. The van der Waals surface area contributed by atoms with E-state index in [1.165, 1.54) is 11.1 Å². The van der Waals surface area contributed by atoms with Crippen LogP contribution in [0.3, 0.4) is 0 Å².